The highest BCUT2D eigenvalue weighted by molar-refractivity contribution is 5.73. The van der Waals surface area contributed by atoms with Crippen molar-refractivity contribution in [3.63, 3.8) is 0 Å². The van der Waals surface area contributed by atoms with Crippen LogP contribution in [0, 0.1) is 5.82 Å². The molecular formula is C14H18FNO3. The number of ether oxygens (including phenoxy) is 1. The molecule has 1 atom stereocenters. The van der Waals surface area contributed by atoms with Gasteiger partial charge in [0.15, 0.2) is 0 Å². The van der Waals surface area contributed by atoms with E-state index in [2.05, 4.69) is 0 Å². The molecule has 2 rings (SSSR count). The molecule has 1 aliphatic rings. The number of aliphatic carboxylic acids is 1. The number of carboxylic acids is 1. The lowest BCUT2D eigenvalue weighted by Crippen LogP contribution is -2.46. The summed E-state index contributed by atoms with van der Waals surface area (Å²) in [7, 11) is 0. The molecule has 0 radical (unpaired) electrons. The highest BCUT2D eigenvalue weighted by Gasteiger charge is 2.27. The van der Waals surface area contributed by atoms with Crippen molar-refractivity contribution < 1.29 is 19.0 Å². The fourth-order valence-electron chi connectivity index (χ4n) is 2.35. The molecule has 1 heterocycles. The molecule has 19 heavy (non-hydrogen) atoms. The normalized spacial score (nSPS) is 20.2. The summed E-state index contributed by atoms with van der Waals surface area (Å²) >= 11 is 0. The lowest BCUT2D eigenvalue weighted by atomic mass is 10.0. The van der Waals surface area contributed by atoms with E-state index >= 15 is 0 Å². The molecule has 0 aliphatic carbocycles. The Balaban J connectivity index is 1.80. The Hall–Kier alpha value is -1.62. The van der Waals surface area contributed by atoms with Crippen LogP contribution in [-0.4, -0.2) is 41.7 Å². The summed E-state index contributed by atoms with van der Waals surface area (Å²) in [5, 5.41) is 9.13. The smallest absolute Gasteiger partial charge is 0.320 e. The first-order chi connectivity index (χ1) is 9.16. The summed E-state index contributed by atoms with van der Waals surface area (Å²) < 4.78 is 18.2. The van der Waals surface area contributed by atoms with Gasteiger partial charge in [0.25, 0.3) is 0 Å². The van der Waals surface area contributed by atoms with Gasteiger partial charge in [-0.2, -0.15) is 0 Å². The molecular weight excluding hydrogens is 249 g/mol. The molecule has 4 nitrogen and oxygen atoms in total. The Bertz CT molecular complexity index is 421. The van der Waals surface area contributed by atoms with Crippen molar-refractivity contribution in [2.45, 2.75) is 25.3 Å². The third-order valence-electron chi connectivity index (χ3n) is 3.36. The van der Waals surface area contributed by atoms with Crippen LogP contribution in [0.15, 0.2) is 24.3 Å². The molecule has 1 unspecified atom stereocenters. The van der Waals surface area contributed by atoms with Gasteiger partial charge < -0.3 is 9.84 Å². The van der Waals surface area contributed by atoms with E-state index < -0.39 is 12.0 Å². The van der Waals surface area contributed by atoms with Crippen LogP contribution in [0.4, 0.5) is 4.39 Å². The van der Waals surface area contributed by atoms with Crippen LogP contribution >= 0.6 is 0 Å². The Labute approximate surface area is 111 Å². The van der Waals surface area contributed by atoms with Crippen molar-refractivity contribution >= 4 is 5.97 Å². The highest BCUT2D eigenvalue weighted by atomic mass is 19.1. The molecule has 0 amide bonds. The average molecular weight is 267 g/mol. The molecule has 0 bridgehead atoms. The van der Waals surface area contributed by atoms with Crippen LogP contribution in [0.1, 0.15) is 19.3 Å². The second-order valence-electron chi connectivity index (χ2n) is 4.69. The number of carboxylic acid groups (broad SMARTS) is 1. The summed E-state index contributed by atoms with van der Waals surface area (Å²) in [5.74, 6) is -0.457. The molecule has 0 saturated carbocycles. The molecule has 0 aromatic heterocycles. The van der Waals surface area contributed by atoms with Gasteiger partial charge in [0.05, 0.1) is 0 Å². The van der Waals surface area contributed by atoms with Crippen molar-refractivity contribution in [3.8, 4) is 5.75 Å². The standard InChI is InChI=1S/C14H18FNO3/c15-11-4-6-12(7-5-11)19-10-9-16-8-2-1-3-13(16)14(17)18/h4-7,13H,1-3,8-10H2,(H,17,18). The number of halogens is 1. The number of likely N-dealkylation sites (tertiary alicyclic amines) is 1. The molecule has 1 N–H and O–H groups in total. The van der Waals surface area contributed by atoms with Crippen molar-refractivity contribution in [1.29, 1.82) is 0 Å². The maximum absolute atomic E-state index is 12.7. The molecule has 1 aromatic rings. The second kappa shape index (κ2) is 6.52. The summed E-state index contributed by atoms with van der Waals surface area (Å²) in [4.78, 5) is 13.1. The number of piperidine rings is 1. The van der Waals surface area contributed by atoms with E-state index in [1.165, 1.54) is 12.1 Å². The van der Waals surface area contributed by atoms with Gasteiger partial charge in [-0.15, -0.1) is 0 Å². The third kappa shape index (κ3) is 3.92. The lowest BCUT2D eigenvalue weighted by molar-refractivity contribution is -0.144. The van der Waals surface area contributed by atoms with Gasteiger partial charge in [-0.05, 0) is 43.7 Å². The third-order valence-corrected chi connectivity index (χ3v) is 3.36. The maximum atomic E-state index is 12.7. The SMILES string of the molecule is O=C(O)C1CCCCN1CCOc1ccc(F)cc1. The fraction of sp³-hybridized carbons (Fsp3) is 0.500. The number of rotatable bonds is 5. The number of benzene rings is 1. The van der Waals surface area contributed by atoms with Gasteiger partial charge in [0.1, 0.15) is 24.2 Å². The Morgan fingerprint density at radius 1 is 1.37 bits per heavy atom. The Kier molecular flexibility index (Phi) is 4.74. The zero-order chi connectivity index (χ0) is 13.7. The van der Waals surface area contributed by atoms with E-state index in [0.29, 0.717) is 25.3 Å². The molecule has 1 fully saturated rings. The van der Waals surface area contributed by atoms with Gasteiger partial charge in [-0.3, -0.25) is 9.69 Å². The highest BCUT2D eigenvalue weighted by Crippen LogP contribution is 2.17. The van der Waals surface area contributed by atoms with Gasteiger partial charge in [-0.1, -0.05) is 6.42 Å². The molecule has 1 aromatic carbocycles. The Morgan fingerprint density at radius 2 is 2.11 bits per heavy atom. The first kappa shape index (κ1) is 13.8. The van der Waals surface area contributed by atoms with E-state index in [9.17, 15) is 9.18 Å². The second-order valence-corrected chi connectivity index (χ2v) is 4.69. The Morgan fingerprint density at radius 3 is 2.79 bits per heavy atom. The van der Waals surface area contributed by atoms with E-state index in [1.54, 1.807) is 12.1 Å². The molecule has 1 saturated heterocycles. The minimum Gasteiger partial charge on any atom is -0.492 e. The topological polar surface area (TPSA) is 49.8 Å². The lowest BCUT2D eigenvalue weighted by Gasteiger charge is -2.32. The van der Waals surface area contributed by atoms with Crippen molar-refractivity contribution in [2.75, 3.05) is 19.7 Å². The minimum absolute atomic E-state index is 0.297. The van der Waals surface area contributed by atoms with Crippen molar-refractivity contribution in [1.82, 2.24) is 4.90 Å². The largest absolute Gasteiger partial charge is 0.492 e. The number of hydrogen-bond donors (Lipinski definition) is 1. The van der Waals surface area contributed by atoms with E-state index in [4.69, 9.17) is 9.84 Å². The molecule has 0 spiro atoms. The first-order valence-electron chi connectivity index (χ1n) is 6.52. The molecule has 104 valence electrons. The average Bonchev–Trinajstić information content (AvgIpc) is 2.41. The summed E-state index contributed by atoms with van der Waals surface area (Å²) in [6.45, 7) is 1.79. The zero-order valence-corrected chi connectivity index (χ0v) is 10.7. The van der Waals surface area contributed by atoms with Crippen LogP contribution in [-0.2, 0) is 4.79 Å². The van der Waals surface area contributed by atoms with Crippen molar-refractivity contribution in [2.24, 2.45) is 0 Å². The quantitative estimate of drug-likeness (QED) is 0.888. The van der Waals surface area contributed by atoms with Crippen molar-refractivity contribution in [3.05, 3.63) is 30.1 Å². The van der Waals surface area contributed by atoms with Gasteiger partial charge in [-0.25, -0.2) is 4.39 Å². The molecule has 5 heteroatoms. The summed E-state index contributed by atoms with van der Waals surface area (Å²) in [6, 6.07) is 5.43. The monoisotopic (exact) mass is 267 g/mol. The van der Waals surface area contributed by atoms with Crippen LogP contribution in [0.2, 0.25) is 0 Å². The van der Waals surface area contributed by atoms with Gasteiger partial charge >= 0.3 is 5.97 Å². The van der Waals surface area contributed by atoms with Crippen LogP contribution in [0.25, 0.3) is 0 Å². The summed E-state index contributed by atoms with van der Waals surface area (Å²) in [5.41, 5.74) is 0. The number of carbonyl (C=O) groups is 1. The molecule has 1 aliphatic heterocycles. The van der Waals surface area contributed by atoms with Gasteiger partial charge in [0.2, 0.25) is 0 Å². The fourth-order valence-corrected chi connectivity index (χ4v) is 2.35. The van der Waals surface area contributed by atoms with Crippen LogP contribution in [0.3, 0.4) is 0 Å². The zero-order valence-electron chi connectivity index (χ0n) is 10.7. The van der Waals surface area contributed by atoms with E-state index in [0.717, 1.165) is 19.4 Å². The van der Waals surface area contributed by atoms with E-state index in [1.807, 2.05) is 4.90 Å². The number of nitrogens with zero attached hydrogens (tertiary/aromatic N) is 1. The first-order valence-corrected chi connectivity index (χ1v) is 6.52. The van der Waals surface area contributed by atoms with Crippen LogP contribution in [0.5, 0.6) is 5.75 Å². The number of hydrogen-bond acceptors (Lipinski definition) is 3. The van der Waals surface area contributed by atoms with E-state index in [-0.39, 0.29) is 5.82 Å². The van der Waals surface area contributed by atoms with Crippen LogP contribution < -0.4 is 4.74 Å². The summed E-state index contributed by atoms with van der Waals surface area (Å²) in [6.07, 6.45) is 2.69. The predicted molar refractivity (Wildman–Crippen MR) is 68.7 cm³/mol. The van der Waals surface area contributed by atoms with Gasteiger partial charge in [0, 0.05) is 6.54 Å². The maximum Gasteiger partial charge on any atom is 0.320 e. The predicted octanol–water partition coefficient (Wildman–Crippen LogP) is 2.14. The minimum atomic E-state index is -0.763.